The topological polar surface area (TPSA) is 34.1 Å². The maximum Gasteiger partial charge on any atom is 0.150 e. The zero-order chi connectivity index (χ0) is 11.0. The maximum absolute atomic E-state index is 11.2. The van der Waals surface area contributed by atoms with Gasteiger partial charge in [-0.3, -0.25) is 0 Å². The predicted molar refractivity (Wildman–Crippen MR) is 65.8 cm³/mol. The number of alkyl halides is 1. The molecule has 0 bridgehead atoms. The zero-order valence-electron chi connectivity index (χ0n) is 9.13. The summed E-state index contributed by atoms with van der Waals surface area (Å²) in [6, 6.07) is 0. The molecule has 0 N–H and O–H groups in total. The van der Waals surface area contributed by atoms with Crippen molar-refractivity contribution < 1.29 is 8.42 Å². The first kappa shape index (κ1) is 14.4. The van der Waals surface area contributed by atoms with Crippen molar-refractivity contribution in [1.82, 2.24) is 0 Å². The molecule has 0 fully saturated rings. The van der Waals surface area contributed by atoms with E-state index in [1.54, 1.807) is 6.92 Å². The summed E-state index contributed by atoms with van der Waals surface area (Å²) in [7, 11) is -2.75. The van der Waals surface area contributed by atoms with E-state index in [9.17, 15) is 8.42 Å². The van der Waals surface area contributed by atoms with Gasteiger partial charge >= 0.3 is 0 Å². The molecule has 4 heteroatoms. The molecule has 14 heavy (non-hydrogen) atoms. The standard InChI is InChI=1S/C10H21BrO2S/c1-3-6-10(9-11)7-5-8-14(12,13)4-2/h10H,3-9H2,1-2H3. The van der Waals surface area contributed by atoms with Crippen molar-refractivity contribution in [3.05, 3.63) is 0 Å². The highest BCUT2D eigenvalue weighted by molar-refractivity contribution is 9.09. The number of sulfone groups is 1. The molecular formula is C10H21BrO2S. The van der Waals surface area contributed by atoms with Crippen LogP contribution in [0.3, 0.4) is 0 Å². The van der Waals surface area contributed by atoms with Gasteiger partial charge in [0.25, 0.3) is 0 Å². The van der Waals surface area contributed by atoms with Crippen molar-refractivity contribution in [3.8, 4) is 0 Å². The van der Waals surface area contributed by atoms with E-state index in [0.717, 1.165) is 18.2 Å². The molecule has 1 unspecified atom stereocenters. The molecule has 0 radical (unpaired) electrons. The minimum absolute atomic E-state index is 0.278. The molecule has 1 atom stereocenters. The van der Waals surface area contributed by atoms with Crippen molar-refractivity contribution in [2.75, 3.05) is 16.8 Å². The fourth-order valence-corrected chi connectivity index (χ4v) is 2.99. The Morgan fingerprint density at radius 1 is 1.21 bits per heavy atom. The second-order valence-corrected chi connectivity index (χ2v) is 6.81. The van der Waals surface area contributed by atoms with Crippen LogP contribution in [0.2, 0.25) is 0 Å². The molecule has 0 aromatic heterocycles. The van der Waals surface area contributed by atoms with E-state index in [0.29, 0.717) is 11.7 Å². The Morgan fingerprint density at radius 3 is 2.29 bits per heavy atom. The molecule has 0 aliphatic heterocycles. The molecule has 86 valence electrons. The van der Waals surface area contributed by atoms with Crippen molar-refractivity contribution in [2.45, 2.75) is 39.5 Å². The Labute approximate surface area is 96.5 Å². The number of rotatable bonds is 8. The van der Waals surface area contributed by atoms with Crippen LogP contribution in [0.5, 0.6) is 0 Å². The van der Waals surface area contributed by atoms with Gasteiger partial charge in [-0.1, -0.05) is 36.2 Å². The van der Waals surface area contributed by atoms with Gasteiger partial charge in [0.15, 0.2) is 0 Å². The third-order valence-electron chi connectivity index (χ3n) is 2.42. The normalized spacial score (nSPS) is 14.2. The lowest BCUT2D eigenvalue weighted by atomic mass is 10.0. The number of hydrogen-bond acceptors (Lipinski definition) is 2. The first-order chi connectivity index (χ1) is 6.55. The van der Waals surface area contributed by atoms with Crippen LogP contribution in [0.25, 0.3) is 0 Å². The Morgan fingerprint density at radius 2 is 1.86 bits per heavy atom. The molecule has 0 saturated carbocycles. The minimum atomic E-state index is -2.75. The zero-order valence-corrected chi connectivity index (χ0v) is 11.5. The van der Waals surface area contributed by atoms with E-state index < -0.39 is 9.84 Å². The van der Waals surface area contributed by atoms with Gasteiger partial charge in [-0.25, -0.2) is 8.42 Å². The fourth-order valence-electron chi connectivity index (χ4n) is 1.44. The average molecular weight is 285 g/mol. The van der Waals surface area contributed by atoms with Crippen LogP contribution in [0.15, 0.2) is 0 Å². The van der Waals surface area contributed by atoms with Crippen LogP contribution in [0, 0.1) is 5.92 Å². The third kappa shape index (κ3) is 6.82. The van der Waals surface area contributed by atoms with Crippen molar-refractivity contribution in [3.63, 3.8) is 0 Å². The van der Waals surface area contributed by atoms with Crippen LogP contribution < -0.4 is 0 Å². The van der Waals surface area contributed by atoms with Crippen LogP contribution in [0.4, 0.5) is 0 Å². The Hall–Kier alpha value is 0.430. The SMILES string of the molecule is CCCC(CBr)CCCS(=O)(=O)CC. The highest BCUT2D eigenvalue weighted by atomic mass is 79.9. The van der Waals surface area contributed by atoms with Crippen LogP contribution >= 0.6 is 15.9 Å². The van der Waals surface area contributed by atoms with Crippen molar-refractivity contribution in [1.29, 1.82) is 0 Å². The molecule has 0 spiro atoms. The summed E-state index contributed by atoms with van der Waals surface area (Å²) in [5.74, 6) is 1.28. The Balaban J connectivity index is 3.71. The maximum atomic E-state index is 11.2. The van der Waals surface area contributed by atoms with Gasteiger partial charge in [-0.15, -0.1) is 0 Å². The molecule has 0 rings (SSSR count). The Bertz CT molecular complexity index is 224. The highest BCUT2D eigenvalue weighted by Crippen LogP contribution is 2.16. The molecule has 0 heterocycles. The average Bonchev–Trinajstić information content (AvgIpc) is 2.16. The molecule has 2 nitrogen and oxygen atoms in total. The van der Waals surface area contributed by atoms with Crippen LogP contribution in [0.1, 0.15) is 39.5 Å². The second-order valence-electron chi connectivity index (χ2n) is 3.69. The molecule has 0 aliphatic rings. The summed E-state index contributed by atoms with van der Waals surface area (Å²) in [6.07, 6.45) is 4.21. The molecule has 0 aromatic rings. The molecule has 0 saturated heterocycles. The lowest BCUT2D eigenvalue weighted by Crippen LogP contribution is -2.11. The van der Waals surface area contributed by atoms with E-state index >= 15 is 0 Å². The van der Waals surface area contributed by atoms with E-state index in [4.69, 9.17) is 0 Å². The summed E-state index contributed by atoms with van der Waals surface area (Å²) in [4.78, 5) is 0. The van der Waals surface area contributed by atoms with Crippen molar-refractivity contribution >= 4 is 25.8 Å². The first-order valence-electron chi connectivity index (χ1n) is 5.32. The first-order valence-corrected chi connectivity index (χ1v) is 8.26. The number of hydrogen-bond donors (Lipinski definition) is 0. The lowest BCUT2D eigenvalue weighted by Gasteiger charge is -2.11. The fraction of sp³-hybridized carbons (Fsp3) is 1.00. The largest absolute Gasteiger partial charge is 0.229 e. The lowest BCUT2D eigenvalue weighted by molar-refractivity contribution is 0.489. The van der Waals surface area contributed by atoms with Gasteiger partial charge < -0.3 is 0 Å². The summed E-state index contributed by atoms with van der Waals surface area (Å²) < 4.78 is 22.4. The van der Waals surface area contributed by atoms with Crippen LogP contribution in [-0.4, -0.2) is 25.3 Å². The third-order valence-corrected chi connectivity index (χ3v) is 5.13. The summed E-state index contributed by atoms with van der Waals surface area (Å²) in [6.45, 7) is 3.88. The smallest absolute Gasteiger partial charge is 0.150 e. The van der Waals surface area contributed by atoms with Crippen LogP contribution in [-0.2, 0) is 9.84 Å². The van der Waals surface area contributed by atoms with E-state index in [2.05, 4.69) is 22.9 Å². The van der Waals surface area contributed by atoms with Gasteiger partial charge in [0, 0.05) is 11.1 Å². The summed E-state index contributed by atoms with van der Waals surface area (Å²) >= 11 is 3.47. The monoisotopic (exact) mass is 284 g/mol. The minimum Gasteiger partial charge on any atom is -0.229 e. The van der Waals surface area contributed by atoms with Gasteiger partial charge in [0.1, 0.15) is 9.84 Å². The van der Waals surface area contributed by atoms with Gasteiger partial charge in [0.05, 0.1) is 5.75 Å². The molecule has 0 aliphatic carbocycles. The quantitative estimate of drug-likeness (QED) is 0.642. The predicted octanol–water partition coefficient (Wildman–Crippen LogP) is 3.01. The molecule has 0 aromatic carbocycles. The summed E-state index contributed by atoms with van der Waals surface area (Å²) in [5.41, 5.74) is 0. The molecule has 0 amide bonds. The molecular weight excluding hydrogens is 264 g/mol. The van der Waals surface area contributed by atoms with Gasteiger partial charge in [-0.05, 0) is 25.2 Å². The van der Waals surface area contributed by atoms with Crippen molar-refractivity contribution in [2.24, 2.45) is 5.92 Å². The van der Waals surface area contributed by atoms with E-state index in [1.165, 1.54) is 12.8 Å². The summed E-state index contributed by atoms with van der Waals surface area (Å²) in [5, 5.41) is 0.993. The van der Waals surface area contributed by atoms with E-state index in [-0.39, 0.29) is 5.75 Å². The Kier molecular flexibility index (Phi) is 7.92. The van der Waals surface area contributed by atoms with Gasteiger partial charge in [-0.2, -0.15) is 0 Å². The second kappa shape index (κ2) is 7.69. The highest BCUT2D eigenvalue weighted by Gasteiger charge is 2.10. The van der Waals surface area contributed by atoms with Gasteiger partial charge in [0.2, 0.25) is 0 Å². The number of halogens is 1. The van der Waals surface area contributed by atoms with E-state index in [1.807, 2.05) is 0 Å².